The summed E-state index contributed by atoms with van der Waals surface area (Å²) >= 11 is 0. The molecule has 2 aliphatic rings. The number of aliphatic hydroxyl groups excluding tert-OH is 1. The number of unbranched alkanes of at least 4 members (excludes halogenated alkanes) is 2. The zero-order chi connectivity index (χ0) is 27.9. The van der Waals surface area contributed by atoms with Gasteiger partial charge in [0.1, 0.15) is 23.4 Å². The fourth-order valence-corrected chi connectivity index (χ4v) is 5.50. The van der Waals surface area contributed by atoms with Crippen LogP contribution in [0, 0.1) is 0 Å². The lowest BCUT2D eigenvalue weighted by atomic mass is 9.94. The summed E-state index contributed by atoms with van der Waals surface area (Å²) in [5.41, 5.74) is 2.38. The Balaban J connectivity index is 1.70. The van der Waals surface area contributed by atoms with Gasteiger partial charge in [-0.05, 0) is 80.9 Å². The highest BCUT2D eigenvalue weighted by Gasteiger charge is 2.46. The number of hydrogen-bond donors (Lipinski definition) is 1. The normalized spacial score (nSPS) is 20.0. The van der Waals surface area contributed by atoms with Crippen molar-refractivity contribution < 1.29 is 24.2 Å². The summed E-state index contributed by atoms with van der Waals surface area (Å²) in [6, 6.07) is 12.3. The Morgan fingerprint density at radius 3 is 2.62 bits per heavy atom. The number of carbonyl (C=O) groups excluding carboxylic acids is 2. The number of Topliss-reactive ketones (excluding diaryl/α,β-unsaturated/α-hetero) is 1. The third-order valence-corrected chi connectivity index (χ3v) is 7.67. The van der Waals surface area contributed by atoms with Crippen molar-refractivity contribution in [2.75, 3.05) is 32.8 Å². The summed E-state index contributed by atoms with van der Waals surface area (Å²) in [6.07, 6.45) is 4.69. The number of hydrogen-bond acceptors (Lipinski definition) is 6. The van der Waals surface area contributed by atoms with Crippen LogP contribution >= 0.6 is 0 Å². The molecule has 1 saturated heterocycles. The first-order valence-corrected chi connectivity index (χ1v) is 14.4. The van der Waals surface area contributed by atoms with Crippen LogP contribution < -0.4 is 9.47 Å². The second-order valence-corrected chi connectivity index (χ2v) is 10.5. The number of fused-ring (bicyclic) bond motifs is 1. The molecule has 0 aliphatic carbocycles. The average molecular weight is 535 g/mol. The van der Waals surface area contributed by atoms with Crippen LogP contribution in [-0.4, -0.2) is 65.5 Å². The second kappa shape index (κ2) is 13.2. The number of likely N-dealkylation sites (tertiary alicyclic amines) is 1. The van der Waals surface area contributed by atoms with Crippen LogP contribution in [-0.2, 0) is 16.0 Å². The molecule has 0 aromatic heterocycles. The number of amides is 1. The van der Waals surface area contributed by atoms with E-state index in [9.17, 15) is 14.7 Å². The van der Waals surface area contributed by atoms with Crippen molar-refractivity contribution >= 4 is 17.4 Å². The molecule has 4 rings (SSSR count). The van der Waals surface area contributed by atoms with Crippen LogP contribution in [0.2, 0.25) is 0 Å². The number of nitrogens with zero attached hydrogens (tertiary/aromatic N) is 2. The van der Waals surface area contributed by atoms with Crippen molar-refractivity contribution in [3.63, 3.8) is 0 Å². The fourth-order valence-electron chi connectivity index (χ4n) is 5.50. The molecule has 1 N–H and O–H groups in total. The van der Waals surface area contributed by atoms with E-state index in [1.807, 2.05) is 43.3 Å². The number of ketones is 1. The first kappa shape index (κ1) is 28.7. The van der Waals surface area contributed by atoms with E-state index in [1.165, 1.54) is 0 Å². The van der Waals surface area contributed by atoms with E-state index < -0.39 is 17.7 Å². The maximum atomic E-state index is 13.5. The van der Waals surface area contributed by atoms with Gasteiger partial charge in [0.2, 0.25) is 0 Å². The highest BCUT2D eigenvalue weighted by Crippen LogP contribution is 2.41. The molecule has 210 valence electrons. The first-order valence-electron chi connectivity index (χ1n) is 14.4. The zero-order valence-corrected chi connectivity index (χ0v) is 23.7. The lowest BCUT2D eigenvalue weighted by molar-refractivity contribution is -0.140. The second-order valence-electron chi connectivity index (χ2n) is 10.5. The number of carbonyl (C=O) groups is 2. The Morgan fingerprint density at radius 1 is 1.08 bits per heavy atom. The summed E-state index contributed by atoms with van der Waals surface area (Å²) in [7, 11) is 0. The third kappa shape index (κ3) is 6.47. The molecule has 1 amide bonds. The Kier molecular flexibility index (Phi) is 9.68. The van der Waals surface area contributed by atoms with Crippen molar-refractivity contribution in [1.29, 1.82) is 0 Å². The van der Waals surface area contributed by atoms with Gasteiger partial charge in [0.25, 0.3) is 11.7 Å². The van der Waals surface area contributed by atoms with Gasteiger partial charge in [-0.1, -0.05) is 45.7 Å². The molecule has 39 heavy (non-hydrogen) atoms. The van der Waals surface area contributed by atoms with Crippen LogP contribution in [0.1, 0.15) is 76.1 Å². The summed E-state index contributed by atoms with van der Waals surface area (Å²) in [5, 5.41) is 11.5. The zero-order valence-electron chi connectivity index (χ0n) is 23.7. The fraction of sp³-hybridized carbons (Fsp3) is 0.500. The van der Waals surface area contributed by atoms with Crippen LogP contribution in [0.5, 0.6) is 11.5 Å². The minimum atomic E-state index is -0.690. The van der Waals surface area contributed by atoms with Crippen LogP contribution in [0.15, 0.2) is 48.0 Å². The van der Waals surface area contributed by atoms with Gasteiger partial charge >= 0.3 is 0 Å². The van der Waals surface area contributed by atoms with Crippen LogP contribution in [0.4, 0.5) is 0 Å². The monoisotopic (exact) mass is 534 g/mol. The number of aliphatic hydroxyl groups is 1. The first-order chi connectivity index (χ1) is 18.9. The van der Waals surface area contributed by atoms with E-state index in [1.54, 1.807) is 11.0 Å². The van der Waals surface area contributed by atoms with Crippen molar-refractivity contribution in [3.05, 3.63) is 64.7 Å². The van der Waals surface area contributed by atoms with E-state index in [0.29, 0.717) is 24.5 Å². The molecule has 7 nitrogen and oxygen atoms in total. The highest BCUT2D eigenvalue weighted by molar-refractivity contribution is 6.46. The summed E-state index contributed by atoms with van der Waals surface area (Å²) in [6.45, 7) is 12.1. The van der Waals surface area contributed by atoms with Gasteiger partial charge in [-0.25, -0.2) is 0 Å². The molecule has 2 aromatic carbocycles. The summed E-state index contributed by atoms with van der Waals surface area (Å²) in [5.74, 6) is 0.107. The van der Waals surface area contributed by atoms with Crippen molar-refractivity contribution in [3.8, 4) is 11.5 Å². The molecule has 0 saturated carbocycles. The average Bonchev–Trinajstić information content (AvgIpc) is 3.44. The molecule has 1 fully saturated rings. The third-order valence-electron chi connectivity index (χ3n) is 7.67. The molecule has 2 heterocycles. The molecule has 2 atom stereocenters. The van der Waals surface area contributed by atoms with E-state index >= 15 is 0 Å². The smallest absolute Gasteiger partial charge is 0.295 e. The Bertz CT molecular complexity index is 1200. The molecule has 0 bridgehead atoms. The largest absolute Gasteiger partial charge is 0.507 e. The molecular formula is C32H42N2O5. The van der Waals surface area contributed by atoms with E-state index in [-0.39, 0.29) is 17.4 Å². The molecule has 2 aromatic rings. The molecule has 7 heteroatoms. The van der Waals surface area contributed by atoms with Gasteiger partial charge < -0.3 is 24.4 Å². The van der Waals surface area contributed by atoms with Crippen molar-refractivity contribution in [2.24, 2.45) is 0 Å². The predicted molar refractivity (Wildman–Crippen MR) is 153 cm³/mol. The van der Waals surface area contributed by atoms with Crippen molar-refractivity contribution in [2.45, 2.75) is 71.9 Å². The lowest BCUT2D eigenvalue weighted by Crippen LogP contribution is -2.33. The van der Waals surface area contributed by atoms with Crippen LogP contribution in [0.3, 0.4) is 0 Å². The van der Waals surface area contributed by atoms with E-state index in [4.69, 9.17) is 9.47 Å². The standard InChI is InChI=1S/C32H42N2O5/c1-5-8-9-18-38-26-13-10-12-23(21-26)29-28(30(35)24-14-15-27-25(20-24)19-22(4)39-27)31(36)32(37)34(29)17-11-16-33(6-2)7-3/h10,12-15,20-22,29,35H,5-9,11,16-19H2,1-4H3/t22-,29-/m1/s1. The highest BCUT2D eigenvalue weighted by atomic mass is 16.5. The SMILES string of the molecule is CCCCCOc1cccc([C@@H]2C(=C(O)c3ccc4c(c3)C[C@@H](C)O4)C(=O)C(=O)N2CCCN(CC)CC)c1. The topological polar surface area (TPSA) is 79.3 Å². The van der Waals surface area contributed by atoms with Crippen LogP contribution in [0.25, 0.3) is 5.76 Å². The minimum Gasteiger partial charge on any atom is -0.507 e. The van der Waals surface area contributed by atoms with Gasteiger partial charge in [0.05, 0.1) is 18.2 Å². The Morgan fingerprint density at radius 2 is 1.87 bits per heavy atom. The Labute approximate surface area is 232 Å². The predicted octanol–water partition coefficient (Wildman–Crippen LogP) is 5.73. The lowest BCUT2D eigenvalue weighted by Gasteiger charge is -2.27. The summed E-state index contributed by atoms with van der Waals surface area (Å²) < 4.78 is 11.8. The van der Waals surface area contributed by atoms with Gasteiger partial charge in [-0.2, -0.15) is 0 Å². The minimum absolute atomic E-state index is 0.0637. The maximum Gasteiger partial charge on any atom is 0.295 e. The molecular weight excluding hydrogens is 492 g/mol. The Hall–Kier alpha value is -3.32. The number of ether oxygens (including phenoxy) is 2. The molecule has 0 radical (unpaired) electrons. The quantitative estimate of drug-likeness (QED) is 0.153. The van der Waals surface area contributed by atoms with Gasteiger partial charge in [-0.15, -0.1) is 0 Å². The van der Waals surface area contributed by atoms with E-state index in [2.05, 4.69) is 25.7 Å². The van der Waals surface area contributed by atoms with Crippen molar-refractivity contribution in [1.82, 2.24) is 9.80 Å². The number of benzene rings is 2. The number of rotatable bonds is 13. The molecule has 0 spiro atoms. The van der Waals surface area contributed by atoms with Gasteiger partial charge in [-0.3, -0.25) is 9.59 Å². The van der Waals surface area contributed by atoms with E-state index in [0.717, 1.165) is 68.6 Å². The molecule has 2 aliphatic heterocycles. The maximum absolute atomic E-state index is 13.5. The molecule has 0 unspecified atom stereocenters. The van der Waals surface area contributed by atoms with Gasteiger partial charge in [0, 0.05) is 18.5 Å². The summed E-state index contributed by atoms with van der Waals surface area (Å²) in [4.78, 5) is 30.8. The van der Waals surface area contributed by atoms with Gasteiger partial charge in [0.15, 0.2) is 0 Å².